The van der Waals surface area contributed by atoms with Gasteiger partial charge in [-0.15, -0.1) is 0 Å². The zero-order valence-electron chi connectivity index (χ0n) is 26.7. The molecule has 5 amide bonds. The molecule has 2 aromatic carbocycles. The maximum atomic E-state index is 13.9. The van der Waals surface area contributed by atoms with E-state index in [1.165, 1.54) is 4.90 Å². The van der Waals surface area contributed by atoms with Gasteiger partial charge in [0, 0.05) is 30.8 Å². The van der Waals surface area contributed by atoms with Gasteiger partial charge < -0.3 is 25.0 Å². The van der Waals surface area contributed by atoms with Crippen molar-refractivity contribution in [1.29, 1.82) is 0 Å². The number of ether oxygens (including phenoxy) is 2. The summed E-state index contributed by atoms with van der Waals surface area (Å²) in [6.45, 7) is 10.4. The van der Waals surface area contributed by atoms with E-state index in [9.17, 15) is 24.0 Å². The van der Waals surface area contributed by atoms with E-state index in [4.69, 9.17) is 15.2 Å². The normalized spacial score (nSPS) is 17.1. The standard InChI is InChI=1S/C33H41N5O7/c1-31(2,3)44-25(39)21-37-28(41)33(38(30(37)43)20-22-10-8-7-9-11-22)16-18-36(19-17-33)27(40)24-14-12-23(13-15-24)26(34)35-29(42)45-32(4,5)6/h7-15H,16-21H2,1-6H3,(H2,34,35,42). The molecule has 1 spiro atoms. The number of nitrogens with two attached hydrogens (primary N) is 1. The summed E-state index contributed by atoms with van der Waals surface area (Å²) in [5, 5.41) is 0. The Morgan fingerprint density at radius 2 is 1.40 bits per heavy atom. The van der Waals surface area contributed by atoms with Gasteiger partial charge in [0.15, 0.2) is 0 Å². The van der Waals surface area contributed by atoms with Crippen molar-refractivity contribution in [1.82, 2.24) is 14.7 Å². The first kappa shape index (κ1) is 33.2. The average molecular weight is 620 g/mol. The molecule has 240 valence electrons. The monoisotopic (exact) mass is 619 g/mol. The average Bonchev–Trinajstić information content (AvgIpc) is 3.12. The number of nitrogens with zero attached hydrogens (tertiary/aromatic N) is 4. The van der Waals surface area contributed by atoms with Crippen LogP contribution in [0.2, 0.25) is 0 Å². The third-order valence-electron chi connectivity index (χ3n) is 7.42. The van der Waals surface area contributed by atoms with Crippen molar-refractivity contribution in [2.45, 2.75) is 77.7 Å². The first-order chi connectivity index (χ1) is 21.0. The van der Waals surface area contributed by atoms with Gasteiger partial charge in [-0.05, 0) is 72.1 Å². The summed E-state index contributed by atoms with van der Waals surface area (Å²) in [6.07, 6.45) is -0.406. The summed E-state index contributed by atoms with van der Waals surface area (Å²) in [4.78, 5) is 73.5. The molecule has 0 unspecified atom stereocenters. The fourth-order valence-electron chi connectivity index (χ4n) is 5.39. The molecule has 45 heavy (non-hydrogen) atoms. The van der Waals surface area contributed by atoms with Gasteiger partial charge in [0.1, 0.15) is 29.1 Å². The number of carbonyl (C=O) groups excluding carboxylic acids is 5. The second-order valence-corrected chi connectivity index (χ2v) is 13.2. The lowest BCUT2D eigenvalue weighted by Crippen LogP contribution is -2.57. The fourth-order valence-corrected chi connectivity index (χ4v) is 5.39. The van der Waals surface area contributed by atoms with Crippen LogP contribution in [0.5, 0.6) is 0 Å². The van der Waals surface area contributed by atoms with Crippen LogP contribution in [0.1, 0.15) is 75.9 Å². The highest BCUT2D eigenvalue weighted by molar-refractivity contribution is 6.09. The van der Waals surface area contributed by atoms with Crippen molar-refractivity contribution in [3.8, 4) is 0 Å². The SMILES string of the molecule is CC(C)(C)OC(=O)CN1C(=O)N(Cc2ccccc2)C2(CCN(C(=O)c3ccc(C(N)=NC(=O)OC(C)(C)C)cc3)CC2)C1=O. The van der Waals surface area contributed by atoms with Crippen LogP contribution in [-0.4, -0.2) is 86.8 Å². The molecule has 4 rings (SSSR count). The molecule has 2 aromatic rings. The molecule has 0 atom stereocenters. The van der Waals surface area contributed by atoms with Gasteiger partial charge in [0.2, 0.25) is 0 Å². The zero-order chi connectivity index (χ0) is 33.2. The predicted octanol–water partition coefficient (Wildman–Crippen LogP) is 4.11. The number of amidine groups is 1. The van der Waals surface area contributed by atoms with E-state index < -0.39 is 47.3 Å². The molecule has 0 aromatic heterocycles. The second-order valence-electron chi connectivity index (χ2n) is 13.2. The van der Waals surface area contributed by atoms with E-state index in [1.54, 1.807) is 70.7 Å². The Labute approximate surface area is 263 Å². The Bertz CT molecular complexity index is 1480. The van der Waals surface area contributed by atoms with Gasteiger partial charge in [-0.1, -0.05) is 42.5 Å². The number of carbonyl (C=O) groups is 5. The number of hydrogen-bond acceptors (Lipinski definition) is 7. The van der Waals surface area contributed by atoms with Crippen molar-refractivity contribution in [2.75, 3.05) is 19.6 Å². The third-order valence-corrected chi connectivity index (χ3v) is 7.42. The van der Waals surface area contributed by atoms with Gasteiger partial charge >= 0.3 is 18.1 Å². The first-order valence-corrected chi connectivity index (χ1v) is 14.9. The number of piperidine rings is 1. The van der Waals surface area contributed by atoms with Crippen LogP contribution in [0.25, 0.3) is 0 Å². The Hall–Kier alpha value is -4.74. The minimum atomic E-state index is -1.21. The summed E-state index contributed by atoms with van der Waals surface area (Å²) in [6, 6.07) is 15.1. The number of benzene rings is 2. The van der Waals surface area contributed by atoms with Crippen molar-refractivity contribution < 1.29 is 33.4 Å². The van der Waals surface area contributed by atoms with Gasteiger partial charge in [-0.25, -0.2) is 9.59 Å². The lowest BCUT2D eigenvalue weighted by atomic mass is 9.85. The maximum Gasteiger partial charge on any atom is 0.436 e. The van der Waals surface area contributed by atoms with E-state index in [0.29, 0.717) is 11.1 Å². The van der Waals surface area contributed by atoms with Crippen LogP contribution < -0.4 is 5.73 Å². The molecule has 0 bridgehead atoms. The second kappa shape index (κ2) is 12.7. The Morgan fingerprint density at radius 3 is 1.96 bits per heavy atom. The van der Waals surface area contributed by atoms with E-state index in [-0.39, 0.29) is 44.2 Å². The molecule has 2 N–H and O–H groups in total. The van der Waals surface area contributed by atoms with Gasteiger partial charge in [-0.3, -0.25) is 19.3 Å². The number of hydrogen-bond donors (Lipinski definition) is 1. The summed E-state index contributed by atoms with van der Waals surface area (Å²) in [7, 11) is 0. The van der Waals surface area contributed by atoms with Crippen LogP contribution in [-0.2, 0) is 25.6 Å². The Balaban J connectivity index is 1.49. The largest absolute Gasteiger partial charge is 0.459 e. The quantitative estimate of drug-likeness (QED) is 0.220. The minimum Gasteiger partial charge on any atom is -0.459 e. The van der Waals surface area contributed by atoms with E-state index in [0.717, 1.165) is 10.5 Å². The Morgan fingerprint density at radius 1 is 0.844 bits per heavy atom. The molecule has 0 aliphatic carbocycles. The van der Waals surface area contributed by atoms with E-state index in [2.05, 4.69) is 4.99 Å². The van der Waals surface area contributed by atoms with Crippen molar-refractivity contribution >= 4 is 35.7 Å². The molecule has 2 aliphatic rings. The molecule has 12 heteroatoms. The van der Waals surface area contributed by atoms with Gasteiger partial charge in [0.25, 0.3) is 11.8 Å². The van der Waals surface area contributed by atoms with Crippen molar-refractivity contribution in [3.05, 3.63) is 71.3 Å². The molecule has 12 nitrogen and oxygen atoms in total. The highest BCUT2D eigenvalue weighted by Gasteiger charge is 2.58. The molecule has 0 saturated carbocycles. The molecule has 2 fully saturated rings. The van der Waals surface area contributed by atoms with Crippen molar-refractivity contribution in [3.63, 3.8) is 0 Å². The maximum absolute atomic E-state index is 13.9. The summed E-state index contributed by atoms with van der Waals surface area (Å²) >= 11 is 0. The molecule has 2 aliphatic heterocycles. The number of amides is 5. The summed E-state index contributed by atoms with van der Waals surface area (Å²) in [5.41, 5.74) is 4.96. The summed E-state index contributed by atoms with van der Waals surface area (Å²) in [5.74, 6) is -1.43. The lowest BCUT2D eigenvalue weighted by Gasteiger charge is -2.42. The molecular weight excluding hydrogens is 578 g/mol. The summed E-state index contributed by atoms with van der Waals surface area (Å²) < 4.78 is 10.6. The topological polar surface area (TPSA) is 152 Å². The predicted molar refractivity (Wildman–Crippen MR) is 166 cm³/mol. The molecule has 0 radical (unpaired) electrons. The Kier molecular flexibility index (Phi) is 9.36. The highest BCUT2D eigenvalue weighted by atomic mass is 16.6. The molecule has 2 heterocycles. The number of urea groups is 1. The molecule has 2 saturated heterocycles. The van der Waals surface area contributed by atoms with Crippen LogP contribution in [0.3, 0.4) is 0 Å². The number of rotatable bonds is 6. The van der Waals surface area contributed by atoms with Gasteiger partial charge in [0.05, 0.1) is 0 Å². The fraction of sp³-hybridized carbons (Fsp3) is 0.455. The van der Waals surface area contributed by atoms with Crippen LogP contribution in [0, 0.1) is 0 Å². The number of imide groups is 1. The van der Waals surface area contributed by atoms with E-state index >= 15 is 0 Å². The zero-order valence-corrected chi connectivity index (χ0v) is 26.7. The minimum absolute atomic E-state index is 0.0398. The number of likely N-dealkylation sites (tertiary alicyclic amines) is 1. The first-order valence-electron chi connectivity index (χ1n) is 14.9. The van der Waals surface area contributed by atoms with Crippen LogP contribution in [0.15, 0.2) is 59.6 Å². The lowest BCUT2D eigenvalue weighted by molar-refractivity contribution is -0.157. The van der Waals surface area contributed by atoms with Crippen molar-refractivity contribution in [2.24, 2.45) is 10.7 Å². The number of esters is 1. The van der Waals surface area contributed by atoms with Crippen LogP contribution >= 0.6 is 0 Å². The van der Waals surface area contributed by atoms with E-state index in [1.807, 2.05) is 30.3 Å². The smallest absolute Gasteiger partial charge is 0.436 e. The van der Waals surface area contributed by atoms with Gasteiger partial charge in [-0.2, -0.15) is 4.99 Å². The highest BCUT2D eigenvalue weighted by Crippen LogP contribution is 2.39. The third kappa shape index (κ3) is 7.86. The molecular formula is C33H41N5O7. The number of aliphatic imine (C=N–C) groups is 1. The van der Waals surface area contributed by atoms with Crippen LogP contribution in [0.4, 0.5) is 9.59 Å².